The summed E-state index contributed by atoms with van der Waals surface area (Å²) >= 11 is 0. The molecule has 2 unspecified atom stereocenters. The second-order valence-corrected chi connectivity index (χ2v) is 8.61. The van der Waals surface area contributed by atoms with Crippen LogP contribution in [0.5, 0.6) is 0 Å². The summed E-state index contributed by atoms with van der Waals surface area (Å²) < 4.78 is 5.47. The van der Waals surface area contributed by atoms with Crippen molar-refractivity contribution in [2.75, 3.05) is 18.5 Å². The standard InChI is InChI=1S/C27H24N2O6/c30-22(24(31)19-10-5-11-21-23(19)25(32)26(33)29-21)12-13-28-27(34)35-14-20-17-8-3-1-6-15(17)16-7-2-4-9-18(16)20/h1-11,20,22,24,30-31H,12-14H2,(H,28,34)(H,29,32,33). The van der Waals surface area contributed by atoms with Gasteiger partial charge in [-0.1, -0.05) is 60.7 Å². The molecule has 1 aliphatic carbocycles. The van der Waals surface area contributed by atoms with Crippen molar-refractivity contribution in [1.29, 1.82) is 0 Å². The van der Waals surface area contributed by atoms with Gasteiger partial charge in [-0.05, 0) is 40.3 Å². The van der Waals surface area contributed by atoms with E-state index in [0.29, 0.717) is 5.69 Å². The third-order valence-electron chi connectivity index (χ3n) is 6.51. The molecule has 4 N–H and O–H groups in total. The fraction of sp³-hybridized carbons (Fsp3) is 0.222. The Hall–Kier alpha value is -4.01. The maximum absolute atomic E-state index is 12.3. The zero-order valence-electron chi connectivity index (χ0n) is 18.7. The predicted molar refractivity (Wildman–Crippen MR) is 128 cm³/mol. The highest BCUT2D eigenvalue weighted by Crippen LogP contribution is 2.44. The minimum atomic E-state index is -1.40. The molecule has 35 heavy (non-hydrogen) atoms. The molecule has 3 aromatic rings. The van der Waals surface area contributed by atoms with Crippen LogP contribution in [0.2, 0.25) is 0 Å². The number of nitrogens with one attached hydrogen (secondary N) is 2. The van der Waals surface area contributed by atoms with Crippen molar-refractivity contribution in [1.82, 2.24) is 5.32 Å². The largest absolute Gasteiger partial charge is 0.449 e. The highest BCUT2D eigenvalue weighted by molar-refractivity contribution is 6.52. The Balaban J connectivity index is 1.15. The predicted octanol–water partition coefficient (Wildman–Crippen LogP) is 3.14. The zero-order chi connectivity index (χ0) is 24.5. The zero-order valence-corrected chi connectivity index (χ0v) is 18.7. The maximum Gasteiger partial charge on any atom is 0.407 e. The van der Waals surface area contributed by atoms with Crippen molar-refractivity contribution in [2.45, 2.75) is 24.5 Å². The Morgan fingerprint density at radius 3 is 2.29 bits per heavy atom. The molecule has 5 rings (SSSR count). The number of benzene rings is 3. The van der Waals surface area contributed by atoms with Gasteiger partial charge in [-0.2, -0.15) is 0 Å². The van der Waals surface area contributed by atoms with E-state index < -0.39 is 30.0 Å². The molecule has 2 amide bonds. The van der Waals surface area contributed by atoms with Crippen molar-refractivity contribution < 1.29 is 29.3 Å². The van der Waals surface area contributed by atoms with Crippen LogP contribution in [0.4, 0.5) is 10.5 Å². The Labute approximate surface area is 201 Å². The lowest BCUT2D eigenvalue weighted by Crippen LogP contribution is -2.31. The summed E-state index contributed by atoms with van der Waals surface area (Å²) in [6.07, 6.45) is -3.27. The van der Waals surface area contributed by atoms with Gasteiger partial charge in [0.15, 0.2) is 0 Å². The van der Waals surface area contributed by atoms with Gasteiger partial charge in [0, 0.05) is 12.5 Å². The number of ketones is 1. The van der Waals surface area contributed by atoms with Crippen LogP contribution in [0.1, 0.15) is 45.5 Å². The van der Waals surface area contributed by atoms with Crippen molar-refractivity contribution in [2.24, 2.45) is 0 Å². The third-order valence-corrected chi connectivity index (χ3v) is 6.51. The van der Waals surface area contributed by atoms with Crippen LogP contribution in [-0.2, 0) is 9.53 Å². The third kappa shape index (κ3) is 4.18. The lowest BCUT2D eigenvalue weighted by molar-refractivity contribution is -0.112. The molecule has 8 heteroatoms. The number of fused-ring (bicyclic) bond motifs is 4. The summed E-state index contributed by atoms with van der Waals surface area (Å²) in [6.45, 7) is 0.222. The van der Waals surface area contributed by atoms with Gasteiger partial charge in [0.2, 0.25) is 0 Å². The molecule has 2 atom stereocenters. The molecule has 0 fully saturated rings. The molecule has 3 aromatic carbocycles. The van der Waals surface area contributed by atoms with Crippen LogP contribution >= 0.6 is 0 Å². The van der Waals surface area contributed by atoms with Crippen molar-refractivity contribution in [3.63, 3.8) is 0 Å². The number of Topliss-reactive ketones (excluding diaryl/α,β-unsaturated/α-hetero) is 1. The second-order valence-electron chi connectivity index (χ2n) is 8.61. The molecule has 8 nitrogen and oxygen atoms in total. The molecule has 1 aliphatic heterocycles. The molecule has 0 bridgehead atoms. The average Bonchev–Trinajstić information content (AvgIpc) is 3.35. The van der Waals surface area contributed by atoms with Crippen LogP contribution in [0.15, 0.2) is 66.7 Å². The number of aliphatic hydroxyl groups excluding tert-OH is 2. The highest BCUT2D eigenvalue weighted by atomic mass is 16.5. The molecule has 0 aromatic heterocycles. The first-order chi connectivity index (χ1) is 17.0. The van der Waals surface area contributed by atoms with Crippen LogP contribution in [0, 0.1) is 0 Å². The number of carbonyl (C=O) groups is 3. The topological polar surface area (TPSA) is 125 Å². The summed E-state index contributed by atoms with van der Waals surface area (Å²) in [5.41, 5.74) is 5.03. The average molecular weight is 472 g/mol. The monoisotopic (exact) mass is 472 g/mol. The summed E-state index contributed by atoms with van der Waals surface area (Å²) in [5.74, 6) is -1.58. The normalized spacial score (nSPS) is 15.6. The van der Waals surface area contributed by atoms with Crippen molar-refractivity contribution in [3.8, 4) is 11.1 Å². The summed E-state index contributed by atoms with van der Waals surface area (Å²) in [5, 5.41) is 26.0. The van der Waals surface area contributed by atoms with Crippen LogP contribution < -0.4 is 10.6 Å². The van der Waals surface area contributed by atoms with Crippen LogP contribution in [0.25, 0.3) is 11.1 Å². The molecule has 1 heterocycles. The molecule has 2 aliphatic rings. The number of alkyl carbamates (subject to hydrolysis) is 1. The Bertz CT molecular complexity index is 1280. The Morgan fingerprint density at radius 2 is 1.60 bits per heavy atom. The molecular formula is C27H24N2O6. The summed E-state index contributed by atoms with van der Waals surface area (Å²) in [7, 11) is 0. The number of hydrogen-bond acceptors (Lipinski definition) is 6. The van der Waals surface area contributed by atoms with E-state index in [9.17, 15) is 24.6 Å². The maximum atomic E-state index is 12.3. The van der Waals surface area contributed by atoms with Gasteiger partial charge in [-0.15, -0.1) is 0 Å². The van der Waals surface area contributed by atoms with Gasteiger partial charge < -0.3 is 25.6 Å². The lowest BCUT2D eigenvalue weighted by Gasteiger charge is -2.20. The number of hydrogen-bond donors (Lipinski definition) is 4. The van der Waals surface area contributed by atoms with E-state index in [2.05, 4.69) is 22.8 Å². The number of amides is 2. The molecule has 178 valence electrons. The van der Waals surface area contributed by atoms with E-state index in [1.54, 1.807) is 12.1 Å². The molecule has 0 saturated heterocycles. The van der Waals surface area contributed by atoms with E-state index in [4.69, 9.17) is 4.74 Å². The fourth-order valence-corrected chi connectivity index (χ4v) is 4.80. The highest BCUT2D eigenvalue weighted by Gasteiger charge is 2.34. The molecule has 0 spiro atoms. The van der Waals surface area contributed by atoms with Gasteiger partial charge in [0.25, 0.3) is 11.7 Å². The SMILES string of the molecule is O=C(NCCC(O)C(O)c1cccc2c1C(=O)C(=O)N2)OCC1c2ccccc2-c2ccccc21. The van der Waals surface area contributed by atoms with Crippen molar-refractivity contribution in [3.05, 3.63) is 89.0 Å². The summed E-state index contributed by atoms with van der Waals surface area (Å²) in [4.78, 5) is 36.1. The first kappa shape index (κ1) is 22.8. The number of anilines is 1. The van der Waals surface area contributed by atoms with E-state index in [-0.39, 0.29) is 36.6 Å². The smallest absolute Gasteiger partial charge is 0.407 e. The Morgan fingerprint density at radius 1 is 0.943 bits per heavy atom. The van der Waals surface area contributed by atoms with Crippen molar-refractivity contribution >= 4 is 23.5 Å². The first-order valence-corrected chi connectivity index (χ1v) is 11.4. The van der Waals surface area contributed by atoms with Gasteiger partial charge in [0.1, 0.15) is 12.7 Å². The minimum Gasteiger partial charge on any atom is -0.449 e. The van der Waals surface area contributed by atoms with E-state index >= 15 is 0 Å². The lowest BCUT2D eigenvalue weighted by atomic mass is 9.95. The van der Waals surface area contributed by atoms with E-state index in [1.165, 1.54) is 6.07 Å². The van der Waals surface area contributed by atoms with Gasteiger partial charge >= 0.3 is 6.09 Å². The summed E-state index contributed by atoms with van der Waals surface area (Å²) in [6, 6.07) is 20.7. The van der Waals surface area contributed by atoms with Gasteiger partial charge in [-0.3, -0.25) is 9.59 Å². The number of rotatable bonds is 7. The van der Waals surface area contributed by atoms with Crippen LogP contribution in [-0.4, -0.2) is 47.3 Å². The van der Waals surface area contributed by atoms with Crippen LogP contribution in [0.3, 0.4) is 0 Å². The van der Waals surface area contributed by atoms with Gasteiger partial charge in [-0.25, -0.2) is 4.79 Å². The minimum absolute atomic E-state index is 0.0184. The number of carbonyl (C=O) groups excluding carboxylic acids is 3. The Kier molecular flexibility index (Phi) is 6.07. The quantitative estimate of drug-likeness (QED) is 0.392. The van der Waals surface area contributed by atoms with E-state index in [1.807, 2.05) is 36.4 Å². The number of aliphatic hydroxyl groups is 2. The number of ether oxygens (including phenoxy) is 1. The van der Waals surface area contributed by atoms with Gasteiger partial charge in [0.05, 0.1) is 17.4 Å². The first-order valence-electron chi connectivity index (χ1n) is 11.4. The second kappa shape index (κ2) is 9.32. The van der Waals surface area contributed by atoms with E-state index in [0.717, 1.165) is 22.3 Å². The fourth-order valence-electron chi connectivity index (χ4n) is 4.80. The molecular weight excluding hydrogens is 448 g/mol. The molecule has 0 saturated carbocycles. The molecule has 0 radical (unpaired) electrons.